The SMILES string of the molecule is Brc1cccc(-c2ccc(-n3c4ccccc4c4ccccc43)cc2)c1.Brc1cccc(-c2ccc(-n3c4ccccc4c4ccccc43)cc2)c1. The lowest BCUT2D eigenvalue weighted by Crippen LogP contribution is -1.93. The molecule has 0 aliphatic carbocycles. The van der Waals surface area contributed by atoms with Crippen LogP contribution in [0.15, 0.2) is 203 Å². The van der Waals surface area contributed by atoms with Gasteiger partial charge in [-0.2, -0.15) is 0 Å². The maximum absolute atomic E-state index is 3.56. The van der Waals surface area contributed by atoms with Crippen molar-refractivity contribution in [1.29, 1.82) is 0 Å². The second kappa shape index (κ2) is 13.8. The van der Waals surface area contributed by atoms with E-state index in [1.807, 2.05) is 0 Å². The van der Waals surface area contributed by atoms with Gasteiger partial charge in [-0.05, 0) is 95.1 Å². The van der Waals surface area contributed by atoms with Crippen LogP contribution in [-0.2, 0) is 0 Å². The highest BCUT2D eigenvalue weighted by Crippen LogP contribution is 2.34. The Kier molecular flexibility index (Phi) is 8.56. The smallest absolute Gasteiger partial charge is 0.0541 e. The summed E-state index contributed by atoms with van der Waals surface area (Å²) in [4.78, 5) is 0. The molecular weight excluding hydrogens is 764 g/mol. The van der Waals surface area contributed by atoms with Crippen LogP contribution in [0.3, 0.4) is 0 Å². The average Bonchev–Trinajstić information content (AvgIpc) is 3.72. The minimum atomic E-state index is 1.10. The molecule has 0 aliphatic rings. The third-order valence-corrected chi connectivity index (χ3v) is 10.7. The maximum Gasteiger partial charge on any atom is 0.0541 e. The molecule has 10 rings (SSSR count). The first-order chi connectivity index (χ1) is 25.6. The van der Waals surface area contributed by atoms with Crippen molar-refractivity contribution < 1.29 is 0 Å². The van der Waals surface area contributed by atoms with Crippen molar-refractivity contribution in [1.82, 2.24) is 9.13 Å². The van der Waals surface area contributed by atoms with Gasteiger partial charge in [0.2, 0.25) is 0 Å². The first kappa shape index (κ1) is 32.2. The standard InChI is InChI=1S/2C24H16BrN/c2*25-19-7-5-6-18(16-19)17-12-14-20(15-13-17)26-23-10-3-1-8-21(23)22-9-2-4-11-24(22)26/h2*1-16H. The van der Waals surface area contributed by atoms with E-state index in [0.29, 0.717) is 0 Å². The van der Waals surface area contributed by atoms with E-state index in [1.165, 1.54) is 77.2 Å². The van der Waals surface area contributed by atoms with Gasteiger partial charge in [0.1, 0.15) is 0 Å². The van der Waals surface area contributed by atoms with Crippen LogP contribution < -0.4 is 0 Å². The van der Waals surface area contributed by atoms with Crippen molar-refractivity contribution in [3.8, 4) is 33.6 Å². The molecule has 0 fully saturated rings. The topological polar surface area (TPSA) is 9.86 Å². The average molecular weight is 797 g/mol. The van der Waals surface area contributed by atoms with Gasteiger partial charge in [0, 0.05) is 41.9 Å². The van der Waals surface area contributed by atoms with Gasteiger partial charge >= 0.3 is 0 Å². The van der Waals surface area contributed by atoms with Gasteiger partial charge in [0.25, 0.3) is 0 Å². The van der Waals surface area contributed by atoms with E-state index in [9.17, 15) is 0 Å². The molecule has 4 heteroatoms. The molecule has 0 amide bonds. The zero-order valence-electron chi connectivity index (χ0n) is 28.1. The first-order valence-electron chi connectivity index (χ1n) is 17.3. The highest BCUT2D eigenvalue weighted by Gasteiger charge is 2.13. The molecule has 0 N–H and O–H groups in total. The highest BCUT2D eigenvalue weighted by molar-refractivity contribution is 9.10. The monoisotopic (exact) mass is 794 g/mol. The van der Waals surface area contributed by atoms with Crippen molar-refractivity contribution in [3.05, 3.63) is 203 Å². The quantitative estimate of drug-likeness (QED) is 0.168. The van der Waals surface area contributed by atoms with Crippen LogP contribution >= 0.6 is 31.9 Å². The molecule has 0 saturated carbocycles. The first-order valence-corrected chi connectivity index (χ1v) is 18.9. The van der Waals surface area contributed by atoms with E-state index < -0.39 is 0 Å². The van der Waals surface area contributed by atoms with Gasteiger partial charge in [-0.15, -0.1) is 0 Å². The summed E-state index contributed by atoms with van der Waals surface area (Å²) in [5.41, 5.74) is 12.2. The second-order valence-corrected chi connectivity index (χ2v) is 14.7. The molecule has 0 unspecified atom stereocenters. The van der Waals surface area contributed by atoms with Crippen LogP contribution in [0.1, 0.15) is 0 Å². The Morgan fingerprint density at radius 3 is 0.885 bits per heavy atom. The Hall–Kier alpha value is -5.68. The fraction of sp³-hybridized carbons (Fsp3) is 0. The van der Waals surface area contributed by atoms with Crippen molar-refractivity contribution in [2.24, 2.45) is 0 Å². The number of halogens is 2. The Balaban J connectivity index is 0.000000138. The minimum absolute atomic E-state index is 1.10. The van der Waals surface area contributed by atoms with Crippen LogP contribution in [0.5, 0.6) is 0 Å². The zero-order chi connectivity index (χ0) is 35.0. The molecule has 0 bridgehead atoms. The molecule has 2 heterocycles. The second-order valence-electron chi connectivity index (χ2n) is 12.9. The summed E-state index contributed by atoms with van der Waals surface area (Å²) in [6.07, 6.45) is 0. The van der Waals surface area contributed by atoms with Crippen molar-refractivity contribution in [3.63, 3.8) is 0 Å². The third kappa shape index (κ3) is 5.94. The van der Waals surface area contributed by atoms with E-state index in [-0.39, 0.29) is 0 Å². The Morgan fingerprint density at radius 2 is 0.577 bits per heavy atom. The van der Waals surface area contributed by atoms with E-state index in [0.717, 1.165) is 8.95 Å². The van der Waals surface area contributed by atoms with Crippen LogP contribution in [0.4, 0.5) is 0 Å². The third-order valence-electron chi connectivity index (χ3n) is 9.73. The Morgan fingerprint density at radius 1 is 0.269 bits per heavy atom. The summed E-state index contributed by atoms with van der Waals surface area (Å²) < 4.78 is 6.88. The summed E-state index contributed by atoms with van der Waals surface area (Å²) in [5, 5.41) is 5.16. The molecule has 10 aromatic rings. The van der Waals surface area contributed by atoms with E-state index >= 15 is 0 Å². The maximum atomic E-state index is 3.56. The number of benzene rings is 8. The largest absolute Gasteiger partial charge is 0.309 e. The van der Waals surface area contributed by atoms with Crippen molar-refractivity contribution in [2.45, 2.75) is 0 Å². The number of hydrogen-bond acceptors (Lipinski definition) is 0. The van der Waals surface area contributed by atoms with E-state index in [1.54, 1.807) is 0 Å². The molecule has 52 heavy (non-hydrogen) atoms. The molecule has 0 radical (unpaired) electrons. The normalized spacial score (nSPS) is 11.3. The molecule has 2 aromatic heterocycles. The molecule has 8 aromatic carbocycles. The van der Waals surface area contributed by atoms with Gasteiger partial charge in [-0.1, -0.05) is 153 Å². The Bertz CT molecular complexity index is 2560. The van der Waals surface area contributed by atoms with Crippen LogP contribution in [-0.4, -0.2) is 9.13 Å². The van der Waals surface area contributed by atoms with Gasteiger partial charge in [0.05, 0.1) is 22.1 Å². The van der Waals surface area contributed by atoms with Gasteiger partial charge in [-0.25, -0.2) is 0 Å². The van der Waals surface area contributed by atoms with Gasteiger partial charge in [-0.3, -0.25) is 0 Å². The lowest BCUT2D eigenvalue weighted by molar-refractivity contribution is 1.18. The molecule has 0 spiro atoms. The van der Waals surface area contributed by atoms with Gasteiger partial charge < -0.3 is 9.13 Å². The molecule has 0 saturated heterocycles. The molecule has 0 aliphatic heterocycles. The van der Waals surface area contributed by atoms with Crippen LogP contribution in [0.2, 0.25) is 0 Å². The Labute approximate surface area is 319 Å². The molecule has 0 atom stereocenters. The molecule has 248 valence electrons. The summed E-state index contributed by atoms with van der Waals surface area (Å²) in [6, 6.07) is 68.8. The van der Waals surface area contributed by atoms with Crippen molar-refractivity contribution in [2.75, 3.05) is 0 Å². The number of nitrogens with zero attached hydrogens (tertiary/aromatic N) is 2. The molecular formula is C48H32Br2N2. The zero-order valence-corrected chi connectivity index (χ0v) is 31.3. The molecule has 2 nitrogen and oxygen atoms in total. The summed E-state index contributed by atoms with van der Waals surface area (Å²) >= 11 is 7.11. The minimum Gasteiger partial charge on any atom is -0.309 e. The van der Waals surface area contributed by atoms with Crippen molar-refractivity contribution >= 4 is 75.5 Å². The summed E-state index contributed by atoms with van der Waals surface area (Å²) in [6.45, 7) is 0. The number of hydrogen-bond donors (Lipinski definition) is 0. The number of rotatable bonds is 4. The van der Waals surface area contributed by atoms with E-state index in [4.69, 9.17) is 0 Å². The summed E-state index contributed by atoms with van der Waals surface area (Å²) in [5.74, 6) is 0. The predicted molar refractivity (Wildman–Crippen MR) is 228 cm³/mol. The van der Waals surface area contributed by atoms with Gasteiger partial charge in [0.15, 0.2) is 0 Å². The summed E-state index contributed by atoms with van der Waals surface area (Å²) in [7, 11) is 0. The number of aromatic nitrogens is 2. The fourth-order valence-electron chi connectivity index (χ4n) is 7.34. The van der Waals surface area contributed by atoms with Crippen LogP contribution in [0.25, 0.3) is 77.2 Å². The number of fused-ring (bicyclic) bond motifs is 6. The van der Waals surface area contributed by atoms with Crippen LogP contribution in [0, 0.1) is 0 Å². The highest BCUT2D eigenvalue weighted by atomic mass is 79.9. The lowest BCUT2D eigenvalue weighted by Gasteiger charge is -2.09. The fourth-order valence-corrected chi connectivity index (χ4v) is 8.14. The predicted octanol–water partition coefficient (Wildman–Crippen LogP) is 14.4. The lowest BCUT2D eigenvalue weighted by atomic mass is 10.1. The number of para-hydroxylation sites is 4. The van der Waals surface area contributed by atoms with E-state index in [2.05, 4.69) is 235 Å².